The summed E-state index contributed by atoms with van der Waals surface area (Å²) in [7, 11) is -2.06. The van der Waals surface area contributed by atoms with E-state index in [4.69, 9.17) is 0 Å². The van der Waals surface area contributed by atoms with Crippen molar-refractivity contribution in [3.05, 3.63) is 30.1 Å². The van der Waals surface area contributed by atoms with E-state index in [2.05, 4.69) is 0 Å². The van der Waals surface area contributed by atoms with Crippen molar-refractivity contribution < 1.29 is 17.6 Å². The first-order valence-corrected chi connectivity index (χ1v) is 9.62. The number of benzene rings is 1. The Morgan fingerprint density at radius 2 is 1.95 bits per heavy atom. The van der Waals surface area contributed by atoms with E-state index in [1.54, 1.807) is 11.9 Å². The van der Waals surface area contributed by atoms with Gasteiger partial charge in [0.05, 0.1) is 10.8 Å². The summed E-state index contributed by atoms with van der Waals surface area (Å²) in [5, 5.41) is 0. The van der Waals surface area contributed by atoms with E-state index in [9.17, 15) is 17.6 Å². The van der Waals surface area contributed by atoms with Gasteiger partial charge in [-0.2, -0.15) is 4.31 Å². The number of sulfonamides is 1. The molecule has 120 valence electrons. The standard InChI is InChI=1S/C14H17FN2O3S2/c1-16(11-4-5-11)14(18)13-8-21-9-17(13)22(19,20)12-6-2-10(15)3-7-12/h2-3,6-7,11,13H,4-5,8-9H2,1H3/t13-/m0/s1. The maximum atomic E-state index is 13.0. The van der Waals surface area contributed by atoms with Crippen LogP contribution in [-0.2, 0) is 14.8 Å². The van der Waals surface area contributed by atoms with Crippen LogP contribution in [0.3, 0.4) is 0 Å². The molecule has 5 nitrogen and oxygen atoms in total. The molecule has 1 atom stereocenters. The van der Waals surface area contributed by atoms with Crippen LogP contribution in [-0.4, -0.2) is 54.3 Å². The van der Waals surface area contributed by atoms with Crippen molar-refractivity contribution in [3.63, 3.8) is 0 Å². The molecule has 1 saturated carbocycles. The van der Waals surface area contributed by atoms with Crippen molar-refractivity contribution in [2.45, 2.75) is 29.8 Å². The summed E-state index contributed by atoms with van der Waals surface area (Å²) in [5.41, 5.74) is 0. The molecule has 22 heavy (non-hydrogen) atoms. The number of hydrogen-bond acceptors (Lipinski definition) is 4. The third-order valence-corrected chi connectivity index (χ3v) is 7.03. The minimum Gasteiger partial charge on any atom is -0.341 e. The smallest absolute Gasteiger partial charge is 0.244 e. The second-order valence-electron chi connectivity index (χ2n) is 5.54. The van der Waals surface area contributed by atoms with Crippen LogP contribution in [0, 0.1) is 5.82 Å². The molecule has 1 aromatic rings. The maximum absolute atomic E-state index is 13.0. The van der Waals surface area contributed by atoms with E-state index < -0.39 is 21.9 Å². The Bertz CT molecular complexity index is 674. The van der Waals surface area contributed by atoms with Gasteiger partial charge in [-0.25, -0.2) is 12.8 Å². The van der Waals surface area contributed by atoms with Crippen molar-refractivity contribution in [2.75, 3.05) is 18.7 Å². The number of likely N-dealkylation sites (N-methyl/N-ethyl adjacent to an activating group) is 1. The highest BCUT2D eigenvalue weighted by atomic mass is 32.2. The van der Waals surface area contributed by atoms with E-state index in [1.165, 1.54) is 28.2 Å². The SMILES string of the molecule is CN(C(=O)[C@@H]1CSCN1S(=O)(=O)c1ccc(F)cc1)C1CC1. The molecular formula is C14H17FN2O3S2. The van der Waals surface area contributed by atoms with Gasteiger partial charge < -0.3 is 4.90 Å². The Hall–Kier alpha value is -1.12. The summed E-state index contributed by atoms with van der Waals surface area (Å²) in [6, 6.07) is 4.27. The average molecular weight is 344 g/mol. The largest absolute Gasteiger partial charge is 0.341 e. The highest BCUT2D eigenvalue weighted by Crippen LogP contribution is 2.32. The van der Waals surface area contributed by atoms with E-state index >= 15 is 0 Å². The van der Waals surface area contributed by atoms with Gasteiger partial charge in [-0.05, 0) is 37.1 Å². The number of nitrogens with zero attached hydrogens (tertiary/aromatic N) is 2. The van der Waals surface area contributed by atoms with Gasteiger partial charge in [0, 0.05) is 18.8 Å². The second-order valence-corrected chi connectivity index (χ2v) is 8.43. The molecule has 8 heteroatoms. The molecule has 1 saturated heterocycles. The summed E-state index contributed by atoms with van der Waals surface area (Å²) in [6.07, 6.45) is 1.96. The zero-order valence-corrected chi connectivity index (χ0v) is 13.7. The van der Waals surface area contributed by atoms with Crippen LogP contribution in [0.4, 0.5) is 4.39 Å². The summed E-state index contributed by atoms with van der Waals surface area (Å²) in [6.45, 7) is 0. The molecule has 0 aromatic heterocycles. The lowest BCUT2D eigenvalue weighted by Gasteiger charge is -2.26. The molecule has 1 heterocycles. The molecule has 1 amide bonds. The predicted molar refractivity (Wildman–Crippen MR) is 82.3 cm³/mol. The minimum absolute atomic E-state index is 0.0169. The van der Waals surface area contributed by atoms with Gasteiger partial charge in [0.2, 0.25) is 15.9 Å². The number of thioether (sulfide) groups is 1. The molecule has 0 radical (unpaired) electrons. The Morgan fingerprint density at radius 1 is 1.32 bits per heavy atom. The fraction of sp³-hybridized carbons (Fsp3) is 0.500. The van der Waals surface area contributed by atoms with Gasteiger partial charge >= 0.3 is 0 Å². The molecule has 1 aliphatic carbocycles. The molecule has 2 fully saturated rings. The van der Waals surface area contributed by atoms with Gasteiger partial charge in [0.1, 0.15) is 11.9 Å². The number of amides is 1. The van der Waals surface area contributed by atoms with Crippen LogP contribution in [0.15, 0.2) is 29.2 Å². The van der Waals surface area contributed by atoms with Crippen molar-refractivity contribution in [3.8, 4) is 0 Å². The lowest BCUT2D eigenvalue weighted by atomic mass is 10.3. The van der Waals surface area contributed by atoms with Crippen LogP contribution in [0.5, 0.6) is 0 Å². The van der Waals surface area contributed by atoms with E-state index in [-0.39, 0.29) is 22.7 Å². The number of rotatable bonds is 4. The zero-order chi connectivity index (χ0) is 15.9. The van der Waals surface area contributed by atoms with E-state index in [1.807, 2.05) is 0 Å². The van der Waals surface area contributed by atoms with Crippen LogP contribution in [0.1, 0.15) is 12.8 Å². The first-order valence-electron chi connectivity index (χ1n) is 7.03. The molecular weight excluding hydrogens is 327 g/mol. The molecule has 3 rings (SSSR count). The van der Waals surface area contributed by atoms with E-state index in [0.29, 0.717) is 5.75 Å². The Kier molecular flexibility index (Phi) is 4.17. The third kappa shape index (κ3) is 2.87. The summed E-state index contributed by atoms with van der Waals surface area (Å²) in [5.74, 6) is 0.0549. The topological polar surface area (TPSA) is 57.7 Å². The van der Waals surface area contributed by atoms with Crippen molar-refractivity contribution >= 4 is 27.7 Å². The average Bonchev–Trinajstić information content (AvgIpc) is 3.22. The van der Waals surface area contributed by atoms with Gasteiger partial charge in [0.25, 0.3) is 0 Å². The van der Waals surface area contributed by atoms with Crippen LogP contribution in [0.25, 0.3) is 0 Å². The van der Waals surface area contributed by atoms with Crippen molar-refractivity contribution in [2.24, 2.45) is 0 Å². The number of halogens is 1. The molecule has 0 unspecified atom stereocenters. The van der Waals surface area contributed by atoms with Crippen LogP contribution >= 0.6 is 11.8 Å². The fourth-order valence-corrected chi connectivity index (χ4v) is 5.61. The molecule has 1 aliphatic heterocycles. The monoisotopic (exact) mass is 344 g/mol. The summed E-state index contributed by atoms with van der Waals surface area (Å²) >= 11 is 1.42. The second kappa shape index (κ2) is 5.82. The zero-order valence-electron chi connectivity index (χ0n) is 12.1. The minimum atomic E-state index is -3.79. The van der Waals surface area contributed by atoms with Crippen LogP contribution in [0.2, 0.25) is 0 Å². The molecule has 2 aliphatic rings. The van der Waals surface area contributed by atoms with Gasteiger partial charge in [-0.15, -0.1) is 11.8 Å². The van der Waals surface area contributed by atoms with Gasteiger partial charge in [0.15, 0.2) is 0 Å². The predicted octanol–water partition coefficient (Wildman–Crippen LogP) is 1.51. The Labute approximate surface area is 133 Å². The lowest BCUT2D eigenvalue weighted by Crippen LogP contribution is -2.48. The summed E-state index contributed by atoms with van der Waals surface area (Å²) in [4.78, 5) is 14.2. The fourth-order valence-electron chi connectivity index (χ4n) is 2.48. The first kappa shape index (κ1) is 15.8. The highest BCUT2D eigenvalue weighted by Gasteiger charge is 2.43. The normalized spacial score (nSPS) is 22.7. The molecule has 0 bridgehead atoms. The highest BCUT2D eigenvalue weighted by molar-refractivity contribution is 8.00. The summed E-state index contributed by atoms with van der Waals surface area (Å²) < 4.78 is 39.6. The first-order chi connectivity index (χ1) is 10.4. The number of hydrogen-bond donors (Lipinski definition) is 0. The molecule has 0 N–H and O–H groups in total. The molecule has 1 aromatic carbocycles. The maximum Gasteiger partial charge on any atom is 0.244 e. The lowest BCUT2D eigenvalue weighted by molar-refractivity contribution is -0.133. The van der Waals surface area contributed by atoms with Crippen molar-refractivity contribution in [1.82, 2.24) is 9.21 Å². The Morgan fingerprint density at radius 3 is 2.55 bits per heavy atom. The number of carbonyl (C=O) groups excluding carboxylic acids is 1. The van der Waals surface area contributed by atoms with Crippen LogP contribution < -0.4 is 0 Å². The quantitative estimate of drug-likeness (QED) is 0.831. The van der Waals surface area contributed by atoms with Gasteiger partial charge in [-0.1, -0.05) is 0 Å². The van der Waals surface area contributed by atoms with E-state index in [0.717, 1.165) is 25.0 Å². The van der Waals surface area contributed by atoms with Gasteiger partial charge in [-0.3, -0.25) is 4.79 Å². The number of carbonyl (C=O) groups is 1. The molecule has 0 spiro atoms. The third-order valence-electron chi connectivity index (χ3n) is 3.99. The van der Waals surface area contributed by atoms with Crippen molar-refractivity contribution in [1.29, 1.82) is 0 Å². The Balaban J connectivity index is 1.85.